The predicted molar refractivity (Wildman–Crippen MR) is 82.8 cm³/mol. The highest BCUT2D eigenvalue weighted by Crippen LogP contribution is 2.24. The van der Waals surface area contributed by atoms with Gasteiger partial charge in [-0.15, -0.1) is 0 Å². The molecule has 1 amide bonds. The molecule has 0 fully saturated rings. The van der Waals surface area contributed by atoms with Crippen molar-refractivity contribution < 1.29 is 4.79 Å². The van der Waals surface area contributed by atoms with Gasteiger partial charge in [-0.25, -0.2) is 0 Å². The number of hydrogen-bond acceptors (Lipinski definition) is 1. The number of benzene rings is 1. The third-order valence-electron chi connectivity index (χ3n) is 3.16. The first-order chi connectivity index (χ1) is 9.13. The van der Waals surface area contributed by atoms with E-state index in [1.54, 1.807) is 0 Å². The lowest BCUT2D eigenvalue weighted by Gasteiger charge is -2.08. The van der Waals surface area contributed by atoms with Crippen LogP contribution in [0.1, 0.15) is 57.9 Å². The van der Waals surface area contributed by atoms with Gasteiger partial charge in [0.05, 0.1) is 10.7 Å². The van der Waals surface area contributed by atoms with Crippen molar-refractivity contribution >= 4 is 23.2 Å². The summed E-state index contributed by atoms with van der Waals surface area (Å²) in [6.45, 7) is 3.73. The van der Waals surface area contributed by atoms with Crippen LogP contribution in [0, 0.1) is 0 Å². The molecule has 1 aromatic rings. The van der Waals surface area contributed by atoms with Crippen molar-refractivity contribution in [3.63, 3.8) is 0 Å². The number of amides is 1. The van der Waals surface area contributed by atoms with E-state index in [1.807, 2.05) is 18.2 Å². The van der Waals surface area contributed by atoms with Crippen LogP contribution in [0.3, 0.4) is 0 Å². The van der Waals surface area contributed by atoms with Gasteiger partial charge in [0, 0.05) is 6.92 Å². The van der Waals surface area contributed by atoms with E-state index in [1.165, 1.54) is 51.0 Å². The topological polar surface area (TPSA) is 29.1 Å². The zero-order valence-corrected chi connectivity index (χ0v) is 12.7. The van der Waals surface area contributed by atoms with Gasteiger partial charge in [-0.1, -0.05) is 56.7 Å². The second kappa shape index (κ2) is 8.98. The van der Waals surface area contributed by atoms with E-state index in [9.17, 15) is 4.79 Å². The molecular weight excluding hydrogens is 258 g/mol. The monoisotopic (exact) mass is 281 g/mol. The Morgan fingerprint density at radius 2 is 1.84 bits per heavy atom. The quantitative estimate of drug-likeness (QED) is 0.652. The summed E-state index contributed by atoms with van der Waals surface area (Å²) in [6, 6.07) is 5.88. The lowest BCUT2D eigenvalue weighted by Crippen LogP contribution is -2.06. The van der Waals surface area contributed by atoms with Crippen LogP contribution in [-0.2, 0) is 11.2 Å². The van der Waals surface area contributed by atoms with Gasteiger partial charge in [0.2, 0.25) is 5.91 Å². The first-order valence-electron chi connectivity index (χ1n) is 7.19. The van der Waals surface area contributed by atoms with E-state index in [2.05, 4.69) is 12.2 Å². The minimum Gasteiger partial charge on any atom is -0.325 e. The molecule has 0 atom stereocenters. The number of unbranched alkanes of at least 4 members (excludes halogenated alkanes) is 5. The minimum atomic E-state index is -0.0846. The molecule has 1 aromatic carbocycles. The number of halogens is 1. The second-order valence-corrected chi connectivity index (χ2v) is 5.42. The Hall–Kier alpha value is -1.02. The van der Waals surface area contributed by atoms with E-state index in [0.717, 1.165) is 12.1 Å². The van der Waals surface area contributed by atoms with Crippen molar-refractivity contribution in [2.45, 2.75) is 58.8 Å². The van der Waals surface area contributed by atoms with Crippen LogP contribution in [0.25, 0.3) is 0 Å². The van der Waals surface area contributed by atoms with Crippen molar-refractivity contribution in [2.24, 2.45) is 0 Å². The molecule has 0 radical (unpaired) electrons. The molecule has 0 heterocycles. The Kier molecular flexibility index (Phi) is 7.57. The fourth-order valence-corrected chi connectivity index (χ4v) is 2.29. The van der Waals surface area contributed by atoms with E-state index in [-0.39, 0.29) is 5.91 Å². The van der Waals surface area contributed by atoms with Crippen LogP contribution >= 0.6 is 11.6 Å². The normalized spacial score (nSPS) is 10.5. The van der Waals surface area contributed by atoms with Crippen molar-refractivity contribution in [1.29, 1.82) is 0 Å². The van der Waals surface area contributed by atoms with Crippen molar-refractivity contribution in [3.05, 3.63) is 28.8 Å². The highest BCUT2D eigenvalue weighted by atomic mass is 35.5. The molecule has 0 aromatic heterocycles. The summed E-state index contributed by atoms with van der Waals surface area (Å²) in [5.74, 6) is -0.0846. The standard InChI is InChI=1S/C16H24ClNO/c1-3-4-5-6-7-8-9-14-10-11-15(17)16(12-14)18-13(2)19/h10-12H,3-9H2,1-2H3,(H,18,19). The van der Waals surface area contributed by atoms with Crippen molar-refractivity contribution in [3.8, 4) is 0 Å². The number of aryl methyl sites for hydroxylation is 1. The maximum atomic E-state index is 11.1. The summed E-state index contributed by atoms with van der Waals surface area (Å²) >= 11 is 6.04. The van der Waals surface area contributed by atoms with Gasteiger partial charge >= 0.3 is 0 Å². The van der Waals surface area contributed by atoms with Crippen molar-refractivity contribution in [1.82, 2.24) is 0 Å². The van der Waals surface area contributed by atoms with Gasteiger partial charge in [0.1, 0.15) is 0 Å². The van der Waals surface area contributed by atoms with Gasteiger partial charge in [-0.2, -0.15) is 0 Å². The fraction of sp³-hybridized carbons (Fsp3) is 0.562. The van der Waals surface area contributed by atoms with Crippen LogP contribution in [0.2, 0.25) is 5.02 Å². The average molecular weight is 282 g/mol. The molecule has 0 aliphatic rings. The van der Waals surface area contributed by atoms with Gasteiger partial charge in [0.25, 0.3) is 0 Å². The molecule has 19 heavy (non-hydrogen) atoms. The highest BCUT2D eigenvalue weighted by molar-refractivity contribution is 6.33. The first-order valence-corrected chi connectivity index (χ1v) is 7.57. The smallest absolute Gasteiger partial charge is 0.221 e. The molecule has 1 rings (SSSR count). The molecule has 106 valence electrons. The molecule has 0 aliphatic carbocycles. The minimum absolute atomic E-state index is 0.0846. The molecule has 1 N–H and O–H groups in total. The molecule has 2 nitrogen and oxygen atoms in total. The SMILES string of the molecule is CCCCCCCCc1ccc(Cl)c(NC(C)=O)c1. The number of hydrogen-bond donors (Lipinski definition) is 1. The van der Waals surface area contributed by atoms with Crippen LogP contribution in [0.5, 0.6) is 0 Å². The number of carbonyl (C=O) groups is 1. The second-order valence-electron chi connectivity index (χ2n) is 5.01. The van der Waals surface area contributed by atoms with Crippen LogP contribution in [0.15, 0.2) is 18.2 Å². The summed E-state index contributed by atoms with van der Waals surface area (Å²) in [4.78, 5) is 11.1. The maximum absolute atomic E-state index is 11.1. The Bertz CT molecular complexity index is 404. The molecule has 0 saturated carbocycles. The van der Waals surface area contributed by atoms with Gasteiger partial charge in [0.15, 0.2) is 0 Å². The Balaban J connectivity index is 2.39. The van der Waals surface area contributed by atoms with Crippen LogP contribution in [0.4, 0.5) is 5.69 Å². The zero-order valence-electron chi connectivity index (χ0n) is 12.0. The van der Waals surface area contributed by atoms with Gasteiger partial charge in [-0.05, 0) is 30.5 Å². The van der Waals surface area contributed by atoms with E-state index >= 15 is 0 Å². The summed E-state index contributed by atoms with van der Waals surface area (Å²) in [5.41, 5.74) is 1.96. The summed E-state index contributed by atoms with van der Waals surface area (Å²) in [6.07, 6.45) is 8.82. The number of nitrogens with one attached hydrogen (secondary N) is 1. The van der Waals surface area contributed by atoms with Crippen LogP contribution < -0.4 is 5.32 Å². The first kappa shape index (κ1) is 16.0. The Labute approximate surface area is 121 Å². The number of carbonyl (C=O) groups excluding carboxylic acids is 1. The number of rotatable bonds is 8. The Morgan fingerprint density at radius 1 is 1.16 bits per heavy atom. The van der Waals surface area contributed by atoms with E-state index in [0.29, 0.717) is 5.02 Å². The molecule has 0 aliphatic heterocycles. The van der Waals surface area contributed by atoms with Gasteiger partial charge < -0.3 is 5.32 Å². The highest BCUT2D eigenvalue weighted by Gasteiger charge is 2.03. The van der Waals surface area contributed by atoms with Crippen LogP contribution in [-0.4, -0.2) is 5.91 Å². The summed E-state index contributed by atoms with van der Waals surface area (Å²) < 4.78 is 0. The molecule has 0 unspecified atom stereocenters. The lowest BCUT2D eigenvalue weighted by atomic mass is 10.0. The average Bonchev–Trinajstić information content (AvgIpc) is 2.37. The van der Waals surface area contributed by atoms with E-state index < -0.39 is 0 Å². The molecule has 3 heteroatoms. The predicted octanol–water partition coefficient (Wildman–Crippen LogP) is 5.20. The maximum Gasteiger partial charge on any atom is 0.221 e. The number of anilines is 1. The molecule has 0 saturated heterocycles. The van der Waals surface area contributed by atoms with Crippen molar-refractivity contribution in [2.75, 3.05) is 5.32 Å². The summed E-state index contributed by atoms with van der Waals surface area (Å²) in [5, 5.41) is 3.36. The third kappa shape index (κ3) is 6.63. The zero-order chi connectivity index (χ0) is 14.1. The molecule has 0 spiro atoms. The van der Waals surface area contributed by atoms with Gasteiger partial charge in [-0.3, -0.25) is 4.79 Å². The third-order valence-corrected chi connectivity index (χ3v) is 3.49. The molecular formula is C16H24ClNO. The summed E-state index contributed by atoms with van der Waals surface area (Å²) in [7, 11) is 0. The largest absolute Gasteiger partial charge is 0.325 e. The fourth-order valence-electron chi connectivity index (χ4n) is 2.12. The lowest BCUT2D eigenvalue weighted by molar-refractivity contribution is -0.114. The molecule has 0 bridgehead atoms. The Morgan fingerprint density at radius 3 is 2.53 bits per heavy atom. The van der Waals surface area contributed by atoms with E-state index in [4.69, 9.17) is 11.6 Å².